The van der Waals surface area contributed by atoms with Crippen molar-refractivity contribution in [2.45, 2.75) is 19.4 Å². The second-order valence-corrected chi connectivity index (χ2v) is 5.04. The Morgan fingerprint density at radius 2 is 2.00 bits per heavy atom. The number of hydrogen-bond donors (Lipinski definition) is 2. The van der Waals surface area contributed by atoms with Gasteiger partial charge in [0.25, 0.3) is 0 Å². The molecule has 0 aromatic heterocycles. The van der Waals surface area contributed by atoms with E-state index in [-0.39, 0.29) is 12.1 Å². The lowest BCUT2D eigenvalue weighted by atomic mass is 10.0. The zero-order chi connectivity index (χ0) is 14.0. The minimum Gasteiger partial charge on any atom is -0.481 e. The summed E-state index contributed by atoms with van der Waals surface area (Å²) in [5, 5.41) is 12.4. The quantitative estimate of drug-likeness (QED) is 0.876. The second-order valence-electron chi connectivity index (χ2n) is 4.60. The molecule has 0 spiro atoms. The van der Waals surface area contributed by atoms with Gasteiger partial charge in [0, 0.05) is 23.3 Å². The Hall–Kier alpha value is -1.75. The van der Waals surface area contributed by atoms with Crippen LogP contribution in [0.3, 0.4) is 0 Å². The smallest absolute Gasteiger partial charge is 0.322 e. The van der Waals surface area contributed by atoms with E-state index >= 15 is 0 Å². The van der Waals surface area contributed by atoms with Crippen LogP contribution in [0, 0.1) is 5.92 Å². The van der Waals surface area contributed by atoms with E-state index in [2.05, 4.69) is 5.32 Å². The number of aliphatic carboxylic acids is 1. The van der Waals surface area contributed by atoms with Gasteiger partial charge in [0.2, 0.25) is 0 Å². The molecule has 0 aliphatic carbocycles. The molecule has 2 amide bonds. The van der Waals surface area contributed by atoms with Crippen LogP contribution in [0.15, 0.2) is 24.3 Å². The number of nitrogens with zero attached hydrogens (tertiary/aromatic N) is 1. The van der Waals surface area contributed by atoms with Gasteiger partial charge in [-0.25, -0.2) is 4.79 Å². The fourth-order valence-electron chi connectivity index (χ4n) is 2.29. The predicted octanol–water partition coefficient (Wildman–Crippen LogP) is 2.67. The topological polar surface area (TPSA) is 69.6 Å². The molecule has 1 aromatic carbocycles. The van der Waals surface area contributed by atoms with Crippen LogP contribution in [0.25, 0.3) is 0 Å². The highest BCUT2D eigenvalue weighted by atomic mass is 35.5. The Kier molecular flexibility index (Phi) is 3.95. The van der Waals surface area contributed by atoms with Gasteiger partial charge in [-0.1, -0.05) is 11.6 Å². The monoisotopic (exact) mass is 282 g/mol. The van der Waals surface area contributed by atoms with Crippen LogP contribution in [0.2, 0.25) is 5.02 Å². The first-order valence-corrected chi connectivity index (χ1v) is 6.43. The maximum atomic E-state index is 12.1. The Bertz CT molecular complexity index is 489. The van der Waals surface area contributed by atoms with E-state index in [4.69, 9.17) is 16.7 Å². The van der Waals surface area contributed by atoms with E-state index in [0.29, 0.717) is 23.7 Å². The van der Waals surface area contributed by atoms with Crippen LogP contribution in [-0.4, -0.2) is 34.6 Å². The molecule has 1 aromatic rings. The van der Waals surface area contributed by atoms with Crippen LogP contribution in [0.4, 0.5) is 10.5 Å². The van der Waals surface area contributed by atoms with Crippen molar-refractivity contribution in [1.29, 1.82) is 0 Å². The van der Waals surface area contributed by atoms with Crippen molar-refractivity contribution < 1.29 is 14.7 Å². The van der Waals surface area contributed by atoms with Gasteiger partial charge in [0.05, 0.1) is 5.92 Å². The van der Waals surface area contributed by atoms with Gasteiger partial charge in [0.1, 0.15) is 0 Å². The van der Waals surface area contributed by atoms with Crippen molar-refractivity contribution in [2.75, 3.05) is 11.9 Å². The molecule has 2 rings (SSSR count). The molecule has 2 N–H and O–H groups in total. The number of amides is 2. The lowest BCUT2D eigenvalue weighted by Crippen LogP contribution is -2.40. The van der Waals surface area contributed by atoms with Gasteiger partial charge in [-0.15, -0.1) is 0 Å². The summed E-state index contributed by atoms with van der Waals surface area (Å²) in [6, 6.07) is 6.20. The Morgan fingerprint density at radius 1 is 1.37 bits per heavy atom. The minimum absolute atomic E-state index is 0.279. The van der Waals surface area contributed by atoms with Crippen LogP contribution in [0.5, 0.6) is 0 Å². The minimum atomic E-state index is -0.853. The highest BCUT2D eigenvalue weighted by molar-refractivity contribution is 6.30. The molecule has 2 atom stereocenters. The number of likely N-dealkylation sites (tertiary alicyclic amines) is 1. The van der Waals surface area contributed by atoms with Crippen LogP contribution in [0.1, 0.15) is 13.3 Å². The zero-order valence-corrected chi connectivity index (χ0v) is 11.2. The first-order chi connectivity index (χ1) is 8.99. The maximum absolute atomic E-state index is 12.1. The summed E-state index contributed by atoms with van der Waals surface area (Å²) in [6.07, 6.45) is 0.491. The third-order valence-electron chi connectivity index (χ3n) is 3.43. The fourth-order valence-corrected chi connectivity index (χ4v) is 2.41. The first-order valence-electron chi connectivity index (χ1n) is 6.05. The molecule has 0 radical (unpaired) electrons. The number of carbonyl (C=O) groups is 2. The van der Waals surface area contributed by atoms with Gasteiger partial charge < -0.3 is 15.3 Å². The third kappa shape index (κ3) is 2.98. The van der Waals surface area contributed by atoms with Gasteiger partial charge in [0.15, 0.2) is 0 Å². The number of hydrogen-bond acceptors (Lipinski definition) is 2. The van der Waals surface area contributed by atoms with E-state index < -0.39 is 11.9 Å². The normalized spacial score (nSPS) is 22.3. The van der Waals surface area contributed by atoms with Crippen molar-refractivity contribution in [3.8, 4) is 0 Å². The predicted molar refractivity (Wildman–Crippen MR) is 72.4 cm³/mol. The highest BCUT2D eigenvalue weighted by Crippen LogP contribution is 2.25. The molecule has 1 aliphatic heterocycles. The number of rotatable bonds is 2. The van der Waals surface area contributed by atoms with Crippen LogP contribution >= 0.6 is 11.6 Å². The number of halogens is 1. The molecule has 102 valence electrons. The van der Waals surface area contributed by atoms with Gasteiger partial charge >= 0.3 is 12.0 Å². The highest BCUT2D eigenvalue weighted by Gasteiger charge is 2.38. The number of anilines is 1. The summed E-state index contributed by atoms with van der Waals surface area (Å²) in [4.78, 5) is 24.6. The largest absolute Gasteiger partial charge is 0.481 e. The van der Waals surface area contributed by atoms with Crippen molar-refractivity contribution >= 4 is 29.3 Å². The fraction of sp³-hybridized carbons (Fsp3) is 0.385. The van der Waals surface area contributed by atoms with Gasteiger partial charge in [-0.2, -0.15) is 0 Å². The SMILES string of the molecule is CC1C(C(=O)O)CCN1C(=O)Nc1ccc(Cl)cc1. The molecule has 6 heteroatoms. The number of urea groups is 1. The van der Waals surface area contributed by atoms with Crippen molar-refractivity contribution in [2.24, 2.45) is 5.92 Å². The molecule has 1 fully saturated rings. The van der Waals surface area contributed by atoms with E-state index in [0.717, 1.165) is 0 Å². The maximum Gasteiger partial charge on any atom is 0.322 e. The average molecular weight is 283 g/mol. The molecule has 0 bridgehead atoms. The zero-order valence-electron chi connectivity index (χ0n) is 10.5. The molecular formula is C13H15ClN2O3. The lowest BCUT2D eigenvalue weighted by molar-refractivity contribution is -0.142. The Labute approximate surface area is 116 Å². The van der Waals surface area contributed by atoms with Crippen molar-refractivity contribution in [1.82, 2.24) is 4.90 Å². The molecule has 19 heavy (non-hydrogen) atoms. The van der Waals surface area contributed by atoms with E-state index in [1.54, 1.807) is 36.1 Å². The van der Waals surface area contributed by atoms with Crippen LogP contribution in [-0.2, 0) is 4.79 Å². The number of carboxylic acids is 1. The van der Waals surface area contributed by atoms with E-state index in [9.17, 15) is 9.59 Å². The average Bonchev–Trinajstić information content (AvgIpc) is 2.74. The van der Waals surface area contributed by atoms with E-state index in [1.165, 1.54) is 0 Å². The van der Waals surface area contributed by atoms with Crippen molar-refractivity contribution in [3.05, 3.63) is 29.3 Å². The second kappa shape index (κ2) is 5.48. The summed E-state index contributed by atoms with van der Waals surface area (Å²) in [5.74, 6) is -1.34. The lowest BCUT2D eigenvalue weighted by Gasteiger charge is -2.23. The number of benzene rings is 1. The van der Waals surface area contributed by atoms with Crippen LogP contribution < -0.4 is 5.32 Å². The first kappa shape index (κ1) is 13.7. The molecule has 1 saturated heterocycles. The van der Waals surface area contributed by atoms with Gasteiger partial charge in [-0.05, 0) is 37.6 Å². The summed E-state index contributed by atoms with van der Waals surface area (Å²) in [7, 11) is 0. The number of carbonyl (C=O) groups excluding carboxylic acids is 1. The molecule has 2 unspecified atom stereocenters. The summed E-state index contributed by atoms with van der Waals surface area (Å²) in [5.41, 5.74) is 0.639. The number of nitrogens with one attached hydrogen (secondary N) is 1. The standard InChI is InChI=1S/C13H15ClN2O3/c1-8-11(12(17)18)6-7-16(8)13(19)15-10-4-2-9(14)3-5-10/h2-5,8,11H,6-7H2,1H3,(H,15,19)(H,17,18). The molecule has 1 heterocycles. The third-order valence-corrected chi connectivity index (χ3v) is 3.68. The number of carboxylic acid groups (broad SMARTS) is 1. The molecule has 5 nitrogen and oxygen atoms in total. The summed E-state index contributed by atoms with van der Waals surface area (Å²) < 4.78 is 0. The summed E-state index contributed by atoms with van der Waals surface area (Å²) in [6.45, 7) is 2.21. The molecule has 1 aliphatic rings. The summed E-state index contributed by atoms with van der Waals surface area (Å²) >= 11 is 5.76. The molecule has 0 saturated carbocycles. The van der Waals surface area contributed by atoms with Crippen molar-refractivity contribution in [3.63, 3.8) is 0 Å². The van der Waals surface area contributed by atoms with Gasteiger partial charge in [-0.3, -0.25) is 4.79 Å². The molecular weight excluding hydrogens is 268 g/mol. The van der Waals surface area contributed by atoms with E-state index in [1.807, 2.05) is 0 Å². The Balaban J connectivity index is 2.01. The Morgan fingerprint density at radius 3 is 2.53 bits per heavy atom.